The maximum Gasteiger partial charge on any atom is 0.338 e. The van der Waals surface area contributed by atoms with Gasteiger partial charge in [0.1, 0.15) is 17.4 Å². The molecule has 0 aromatic heterocycles. The molecule has 1 aliphatic rings. The number of carbonyl (C=O) groups excluding carboxylic acids is 1. The number of thioether (sulfide) groups is 1. The van der Waals surface area contributed by atoms with E-state index in [0.29, 0.717) is 11.3 Å². The van der Waals surface area contributed by atoms with Gasteiger partial charge < -0.3 is 15.2 Å². The molecule has 7 heteroatoms. The molecule has 2 aromatic carbocycles. The van der Waals surface area contributed by atoms with E-state index in [4.69, 9.17) is 15.2 Å². The van der Waals surface area contributed by atoms with Gasteiger partial charge in [-0.2, -0.15) is 5.26 Å². The Morgan fingerprint density at radius 2 is 1.90 bits per heavy atom. The van der Waals surface area contributed by atoms with Gasteiger partial charge in [0.25, 0.3) is 0 Å². The summed E-state index contributed by atoms with van der Waals surface area (Å²) in [5.74, 6) is -0.0549. The summed E-state index contributed by atoms with van der Waals surface area (Å²) >= 11 is 5.18. The number of benzene rings is 2. The van der Waals surface area contributed by atoms with Gasteiger partial charge in [0.2, 0.25) is 5.88 Å². The second kappa shape index (κ2) is 9.63. The van der Waals surface area contributed by atoms with Crippen LogP contribution in [0.1, 0.15) is 35.1 Å². The van der Waals surface area contributed by atoms with E-state index in [1.54, 1.807) is 18.7 Å². The minimum Gasteiger partial charge on any atom is -0.466 e. The first-order chi connectivity index (χ1) is 14.8. The summed E-state index contributed by atoms with van der Waals surface area (Å²) in [7, 11) is 1.32. The van der Waals surface area contributed by atoms with Crippen LogP contribution in [-0.4, -0.2) is 13.1 Å². The number of hydrogen-bond acceptors (Lipinski definition) is 6. The van der Waals surface area contributed by atoms with Gasteiger partial charge in [0.15, 0.2) is 0 Å². The molecule has 31 heavy (non-hydrogen) atoms. The van der Waals surface area contributed by atoms with Crippen molar-refractivity contribution in [2.24, 2.45) is 5.73 Å². The smallest absolute Gasteiger partial charge is 0.338 e. The lowest BCUT2D eigenvalue weighted by Crippen LogP contribution is -2.25. The van der Waals surface area contributed by atoms with Gasteiger partial charge >= 0.3 is 5.97 Å². The topological polar surface area (TPSA) is 85.3 Å². The number of rotatable bonds is 5. The molecule has 0 saturated heterocycles. The number of allylic oxidation sites excluding steroid dienone is 2. The molecular weight excluding hydrogens is 476 g/mol. The van der Waals surface area contributed by atoms with E-state index in [1.165, 1.54) is 7.11 Å². The quantitative estimate of drug-likeness (QED) is 0.425. The molecule has 0 fully saturated rings. The van der Waals surface area contributed by atoms with Gasteiger partial charge in [-0.25, -0.2) is 4.79 Å². The Balaban J connectivity index is 2.06. The van der Waals surface area contributed by atoms with Gasteiger partial charge in [-0.3, -0.25) is 0 Å². The van der Waals surface area contributed by atoms with Gasteiger partial charge in [0, 0.05) is 15.1 Å². The number of methoxy groups -OCH3 is 1. The Hall–Kier alpha value is -2.69. The Bertz CT molecular complexity index is 1130. The van der Waals surface area contributed by atoms with Crippen molar-refractivity contribution in [2.75, 3.05) is 7.11 Å². The van der Waals surface area contributed by atoms with Gasteiger partial charge in [0.05, 0.1) is 18.6 Å². The second-order valence-electron chi connectivity index (χ2n) is 7.26. The molecule has 0 bridgehead atoms. The second-order valence-corrected chi connectivity index (χ2v) is 9.23. The molecule has 1 atom stereocenters. The minimum atomic E-state index is -0.636. The van der Waals surface area contributed by atoms with E-state index in [9.17, 15) is 10.1 Å². The van der Waals surface area contributed by atoms with E-state index in [2.05, 4.69) is 53.2 Å². The molecule has 0 saturated carbocycles. The van der Waals surface area contributed by atoms with Crippen LogP contribution in [0.4, 0.5) is 0 Å². The zero-order valence-corrected chi connectivity index (χ0v) is 20.2. The molecule has 1 heterocycles. The van der Waals surface area contributed by atoms with E-state index in [0.717, 1.165) is 37.4 Å². The normalized spacial score (nSPS) is 16.1. The van der Waals surface area contributed by atoms with Crippen molar-refractivity contribution in [1.29, 1.82) is 5.26 Å². The van der Waals surface area contributed by atoms with Crippen LogP contribution in [0.3, 0.4) is 0 Å². The molecule has 3 rings (SSSR count). The highest BCUT2D eigenvalue weighted by Gasteiger charge is 2.37. The number of nitrogens with two attached hydrogens (primary N) is 1. The lowest BCUT2D eigenvalue weighted by atomic mass is 9.80. The molecule has 1 aliphatic heterocycles. The first-order valence-electron chi connectivity index (χ1n) is 9.61. The summed E-state index contributed by atoms with van der Waals surface area (Å²) in [6, 6.07) is 14.4. The Labute approximate surface area is 195 Å². The average Bonchev–Trinajstić information content (AvgIpc) is 2.73. The van der Waals surface area contributed by atoms with E-state index >= 15 is 0 Å². The van der Waals surface area contributed by atoms with Crippen molar-refractivity contribution < 1.29 is 14.3 Å². The maximum absolute atomic E-state index is 12.6. The summed E-state index contributed by atoms with van der Waals surface area (Å²) in [6.07, 6.45) is 0. The lowest BCUT2D eigenvalue weighted by molar-refractivity contribution is -0.136. The van der Waals surface area contributed by atoms with Crippen molar-refractivity contribution in [2.45, 2.75) is 37.3 Å². The fourth-order valence-electron chi connectivity index (χ4n) is 3.64. The first kappa shape index (κ1) is 23.0. The zero-order valence-electron chi connectivity index (χ0n) is 17.8. The molecule has 0 radical (unpaired) electrons. The highest BCUT2D eigenvalue weighted by molar-refractivity contribution is 9.10. The molecule has 0 amide bonds. The minimum absolute atomic E-state index is 0.0171. The highest BCUT2D eigenvalue weighted by atomic mass is 79.9. The van der Waals surface area contributed by atoms with Crippen LogP contribution < -0.4 is 5.73 Å². The number of ether oxygens (including phenoxy) is 2. The standard InChI is InChI=1S/C24H23BrN2O3S/c1-13-9-14(2)19(10-16(13)12-31-18-7-5-17(25)6-8-18)22-20(11-26)23(27)30-15(3)21(22)24(28)29-4/h5-10,22H,12,27H2,1-4H3/t22-/m0/s1. The average molecular weight is 499 g/mol. The molecule has 2 aromatic rings. The summed E-state index contributed by atoms with van der Waals surface area (Å²) in [4.78, 5) is 13.7. The number of esters is 1. The van der Waals surface area contributed by atoms with Crippen LogP contribution in [-0.2, 0) is 20.0 Å². The summed E-state index contributed by atoms with van der Waals surface area (Å²) in [5.41, 5.74) is 10.6. The monoisotopic (exact) mass is 498 g/mol. The molecule has 0 aliphatic carbocycles. The van der Waals surface area contributed by atoms with E-state index in [1.807, 2.05) is 19.1 Å². The van der Waals surface area contributed by atoms with Crippen LogP contribution in [0.2, 0.25) is 0 Å². The Morgan fingerprint density at radius 3 is 2.52 bits per heavy atom. The molecule has 0 spiro atoms. The summed E-state index contributed by atoms with van der Waals surface area (Å²) in [6.45, 7) is 5.70. The van der Waals surface area contributed by atoms with Gasteiger partial charge in [-0.05, 0) is 67.3 Å². The number of nitriles is 1. The number of halogens is 1. The Kier molecular flexibility index (Phi) is 7.14. The maximum atomic E-state index is 12.6. The van der Waals surface area contributed by atoms with Crippen molar-refractivity contribution in [3.05, 3.63) is 85.9 Å². The largest absolute Gasteiger partial charge is 0.466 e. The molecular formula is C24H23BrN2O3S. The fourth-order valence-corrected chi connectivity index (χ4v) is 4.87. The third-order valence-corrected chi connectivity index (χ3v) is 6.84. The van der Waals surface area contributed by atoms with Crippen LogP contribution >= 0.6 is 27.7 Å². The number of nitrogens with zero attached hydrogens (tertiary/aromatic N) is 1. The van der Waals surface area contributed by atoms with Crippen molar-refractivity contribution >= 4 is 33.7 Å². The van der Waals surface area contributed by atoms with Crippen LogP contribution in [0.15, 0.2) is 68.6 Å². The summed E-state index contributed by atoms with van der Waals surface area (Å²) in [5, 5.41) is 9.79. The predicted molar refractivity (Wildman–Crippen MR) is 125 cm³/mol. The van der Waals surface area contributed by atoms with Gasteiger partial charge in [-0.15, -0.1) is 11.8 Å². The summed E-state index contributed by atoms with van der Waals surface area (Å²) < 4.78 is 11.5. The van der Waals surface area contributed by atoms with Gasteiger partial charge in [-0.1, -0.05) is 28.1 Å². The number of carbonyl (C=O) groups is 1. The molecule has 160 valence electrons. The van der Waals surface area contributed by atoms with Crippen molar-refractivity contribution in [3.63, 3.8) is 0 Å². The van der Waals surface area contributed by atoms with Crippen LogP contribution in [0.25, 0.3) is 0 Å². The van der Waals surface area contributed by atoms with Crippen LogP contribution in [0, 0.1) is 25.2 Å². The third-order valence-electron chi connectivity index (χ3n) is 5.25. The number of hydrogen-bond donors (Lipinski definition) is 1. The fraction of sp³-hybridized carbons (Fsp3) is 0.250. The lowest BCUT2D eigenvalue weighted by Gasteiger charge is -2.28. The van der Waals surface area contributed by atoms with Crippen molar-refractivity contribution in [1.82, 2.24) is 0 Å². The molecule has 5 nitrogen and oxygen atoms in total. The Morgan fingerprint density at radius 1 is 1.23 bits per heavy atom. The van der Waals surface area contributed by atoms with Crippen molar-refractivity contribution in [3.8, 4) is 6.07 Å². The third kappa shape index (κ3) is 4.81. The molecule has 2 N–H and O–H groups in total. The SMILES string of the molecule is COC(=O)C1=C(C)OC(N)=C(C#N)[C@@H]1c1cc(CSc2ccc(Br)cc2)c(C)cc1C. The van der Waals surface area contributed by atoms with E-state index in [-0.39, 0.29) is 11.5 Å². The van der Waals surface area contributed by atoms with E-state index < -0.39 is 11.9 Å². The highest BCUT2D eigenvalue weighted by Crippen LogP contribution is 2.42. The predicted octanol–water partition coefficient (Wildman–Crippen LogP) is 5.61. The number of aryl methyl sites for hydroxylation is 2. The molecule has 0 unspecified atom stereocenters. The zero-order chi connectivity index (χ0) is 22.7. The first-order valence-corrected chi connectivity index (χ1v) is 11.4. The van der Waals surface area contributed by atoms with Crippen LogP contribution in [0.5, 0.6) is 0 Å².